The van der Waals surface area contributed by atoms with Gasteiger partial charge in [0.05, 0.1) is 7.11 Å². The predicted octanol–water partition coefficient (Wildman–Crippen LogP) is 3.56. The maximum atomic E-state index is 12.3. The number of aromatic nitrogens is 1. The average molecular weight is 284 g/mol. The van der Waals surface area contributed by atoms with E-state index in [-0.39, 0.29) is 5.91 Å². The van der Waals surface area contributed by atoms with Gasteiger partial charge >= 0.3 is 0 Å². The second-order valence-electron chi connectivity index (χ2n) is 4.15. The van der Waals surface area contributed by atoms with Crippen molar-refractivity contribution in [2.75, 3.05) is 12.4 Å². The summed E-state index contributed by atoms with van der Waals surface area (Å²) >= 11 is 1.39. The van der Waals surface area contributed by atoms with Crippen LogP contribution >= 0.6 is 11.3 Å². The van der Waals surface area contributed by atoms with E-state index in [1.165, 1.54) is 11.3 Å². The normalized spacial score (nSPS) is 10.4. The molecular weight excluding hydrogens is 272 g/mol. The molecule has 1 aromatic heterocycles. The first-order valence-corrected chi connectivity index (χ1v) is 6.94. The topological polar surface area (TPSA) is 51.2 Å². The Kier molecular flexibility index (Phi) is 3.35. The summed E-state index contributed by atoms with van der Waals surface area (Å²) in [6.07, 6.45) is 1.66. The Hall–Kier alpha value is -2.40. The maximum Gasteiger partial charge on any atom is 0.258 e. The molecule has 4 nitrogen and oxygen atoms in total. The van der Waals surface area contributed by atoms with Gasteiger partial charge in [-0.25, -0.2) is 4.98 Å². The van der Waals surface area contributed by atoms with Gasteiger partial charge in [0.25, 0.3) is 5.91 Å². The van der Waals surface area contributed by atoms with Crippen LogP contribution in [0.25, 0.3) is 10.8 Å². The molecule has 5 heteroatoms. The number of carbonyl (C=O) groups excluding carboxylic acids is 1. The van der Waals surface area contributed by atoms with Crippen molar-refractivity contribution in [3.63, 3.8) is 0 Å². The van der Waals surface area contributed by atoms with Gasteiger partial charge in [-0.3, -0.25) is 10.1 Å². The number of carbonyl (C=O) groups is 1. The summed E-state index contributed by atoms with van der Waals surface area (Å²) in [5, 5.41) is 6.99. The molecule has 0 aliphatic heterocycles. The highest BCUT2D eigenvalue weighted by Gasteiger charge is 2.13. The van der Waals surface area contributed by atoms with Crippen molar-refractivity contribution in [2.45, 2.75) is 0 Å². The van der Waals surface area contributed by atoms with Gasteiger partial charge in [-0.05, 0) is 17.5 Å². The van der Waals surface area contributed by atoms with Crippen molar-refractivity contribution < 1.29 is 9.53 Å². The SMILES string of the molecule is COc1ccc(C(=O)Nc2nccs2)c2ccccc12. The monoisotopic (exact) mass is 284 g/mol. The van der Waals surface area contributed by atoms with Gasteiger partial charge in [0, 0.05) is 22.5 Å². The lowest BCUT2D eigenvalue weighted by molar-refractivity contribution is 0.102. The van der Waals surface area contributed by atoms with Crippen LogP contribution in [0.1, 0.15) is 10.4 Å². The van der Waals surface area contributed by atoms with Crippen molar-refractivity contribution in [1.82, 2.24) is 4.98 Å². The summed E-state index contributed by atoms with van der Waals surface area (Å²) in [6.45, 7) is 0. The van der Waals surface area contributed by atoms with E-state index in [0.29, 0.717) is 10.7 Å². The Morgan fingerprint density at radius 1 is 1.20 bits per heavy atom. The van der Waals surface area contributed by atoms with Crippen molar-refractivity contribution in [3.05, 3.63) is 53.5 Å². The highest BCUT2D eigenvalue weighted by Crippen LogP contribution is 2.28. The quantitative estimate of drug-likeness (QED) is 0.800. The van der Waals surface area contributed by atoms with Gasteiger partial charge in [-0.2, -0.15) is 0 Å². The smallest absolute Gasteiger partial charge is 0.258 e. The zero-order valence-electron chi connectivity index (χ0n) is 10.8. The zero-order chi connectivity index (χ0) is 13.9. The molecule has 100 valence electrons. The van der Waals surface area contributed by atoms with Crippen LogP contribution in [0.3, 0.4) is 0 Å². The minimum absolute atomic E-state index is 0.168. The molecular formula is C15H12N2O2S. The number of methoxy groups -OCH3 is 1. The fourth-order valence-electron chi connectivity index (χ4n) is 2.10. The highest BCUT2D eigenvalue weighted by molar-refractivity contribution is 7.13. The number of hydrogen-bond acceptors (Lipinski definition) is 4. The van der Waals surface area contributed by atoms with E-state index in [1.807, 2.05) is 29.6 Å². The summed E-state index contributed by atoms with van der Waals surface area (Å²) in [5.74, 6) is 0.588. The van der Waals surface area contributed by atoms with Crippen molar-refractivity contribution in [1.29, 1.82) is 0 Å². The lowest BCUT2D eigenvalue weighted by Crippen LogP contribution is -2.12. The molecule has 1 N–H and O–H groups in total. The number of hydrogen-bond donors (Lipinski definition) is 1. The van der Waals surface area contributed by atoms with Gasteiger partial charge in [0.2, 0.25) is 0 Å². The molecule has 1 amide bonds. The number of anilines is 1. The fourth-order valence-corrected chi connectivity index (χ4v) is 2.62. The first kappa shape index (κ1) is 12.6. The molecule has 0 unspecified atom stereocenters. The van der Waals surface area contributed by atoms with Crippen LogP contribution in [0.15, 0.2) is 48.0 Å². The third-order valence-corrected chi connectivity index (χ3v) is 3.69. The van der Waals surface area contributed by atoms with Crippen LogP contribution in [0.2, 0.25) is 0 Å². The summed E-state index contributed by atoms with van der Waals surface area (Å²) < 4.78 is 5.33. The first-order chi connectivity index (χ1) is 9.79. The number of nitrogens with zero attached hydrogens (tertiary/aromatic N) is 1. The number of ether oxygens (including phenoxy) is 1. The van der Waals surface area contributed by atoms with Crippen LogP contribution in [0.4, 0.5) is 5.13 Å². The Balaban J connectivity index is 2.05. The molecule has 0 fully saturated rings. The molecule has 0 bridgehead atoms. The van der Waals surface area contributed by atoms with E-state index < -0.39 is 0 Å². The standard InChI is InChI=1S/C15H12N2O2S/c1-19-13-7-6-12(10-4-2-3-5-11(10)13)14(18)17-15-16-8-9-20-15/h2-9H,1H3,(H,16,17,18). The highest BCUT2D eigenvalue weighted by atomic mass is 32.1. The van der Waals surface area contributed by atoms with Crippen LogP contribution in [-0.4, -0.2) is 18.0 Å². The molecule has 0 spiro atoms. The van der Waals surface area contributed by atoms with Crippen LogP contribution < -0.4 is 10.1 Å². The number of thiazole rings is 1. The molecule has 3 rings (SSSR count). The Morgan fingerprint density at radius 2 is 2.00 bits per heavy atom. The molecule has 1 heterocycles. The largest absolute Gasteiger partial charge is 0.496 e. The third kappa shape index (κ3) is 2.23. The van der Waals surface area contributed by atoms with Crippen LogP contribution in [0, 0.1) is 0 Å². The van der Waals surface area contributed by atoms with Gasteiger partial charge in [0.15, 0.2) is 5.13 Å². The molecule has 0 atom stereocenters. The first-order valence-electron chi connectivity index (χ1n) is 6.06. The van der Waals surface area contributed by atoms with Gasteiger partial charge in [-0.15, -0.1) is 11.3 Å². The van der Waals surface area contributed by atoms with E-state index in [4.69, 9.17) is 4.74 Å². The molecule has 20 heavy (non-hydrogen) atoms. The minimum Gasteiger partial charge on any atom is -0.496 e. The zero-order valence-corrected chi connectivity index (χ0v) is 11.6. The predicted molar refractivity (Wildman–Crippen MR) is 80.6 cm³/mol. The van der Waals surface area contributed by atoms with Crippen LogP contribution in [0.5, 0.6) is 5.75 Å². The Labute approximate surface area is 120 Å². The summed E-state index contributed by atoms with van der Waals surface area (Å²) in [7, 11) is 1.62. The Morgan fingerprint density at radius 3 is 2.70 bits per heavy atom. The summed E-state index contributed by atoms with van der Waals surface area (Å²) in [6, 6.07) is 11.3. The third-order valence-electron chi connectivity index (χ3n) is 3.00. The van der Waals surface area contributed by atoms with E-state index in [9.17, 15) is 4.79 Å². The maximum absolute atomic E-state index is 12.3. The van der Waals surface area contributed by atoms with Crippen molar-refractivity contribution in [3.8, 4) is 5.75 Å². The van der Waals surface area contributed by atoms with Crippen LogP contribution in [-0.2, 0) is 0 Å². The summed E-state index contributed by atoms with van der Waals surface area (Å²) in [5.41, 5.74) is 0.608. The second kappa shape index (κ2) is 5.30. The molecule has 0 radical (unpaired) electrons. The number of rotatable bonds is 3. The molecule has 0 aliphatic rings. The van der Waals surface area contributed by atoms with Gasteiger partial charge in [-0.1, -0.05) is 24.3 Å². The van der Waals surface area contributed by atoms with Crippen molar-refractivity contribution >= 4 is 33.1 Å². The van der Waals surface area contributed by atoms with Crippen molar-refractivity contribution in [2.24, 2.45) is 0 Å². The van der Waals surface area contributed by atoms with E-state index in [1.54, 1.807) is 25.4 Å². The summed E-state index contributed by atoms with van der Waals surface area (Å²) in [4.78, 5) is 16.4. The molecule has 0 saturated carbocycles. The molecule has 0 aliphatic carbocycles. The number of nitrogens with one attached hydrogen (secondary N) is 1. The van der Waals surface area contributed by atoms with Gasteiger partial charge < -0.3 is 4.74 Å². The van der Waals surface area contributed by atoms with E-state index in [0.717, 1.165) is 16.5 Å². The average Bonchev–Trinajstić information content (AvgIpc) is 2.99. The Bertz CT molecular complexity index is 754. The lowest BCUT2D eigenvalue weighted by atomic mass is 10.0. The number of amides is 1. The molecule has 2 aromatic carbocycles. The number of benzene rings is 2. The minimum atomic E-state index is -0.168. The molecule has 3 aromatic rings. The fraction of sp³-hybridized carbons (Fsp3) is 0.0667. The lowest BCUT2D eigenvalue weighted by Gasteiger charge is -2.09. The number of fused-ring (bicyclic) bond motifs is 1. The van der Waals surface area contributed by atoms with Gasteiger partial charge in [0.1, 0.15) is 5.75 Å². The second-order valence-corrected chi connectivity index (χ2v) is 5.05. The van der Waals surface area contributed by atoms with E-state index in [2.05, 4.69) is 10.3 Å². The van der Waals surface area contributed by atoms with E-state index >= 15 is 0 Å². The molecule has 0 saturated heterocycles.